The fourth-order valence-corrected chi connectivity index (χ4v) is 4.02. The van der Waals surface area contributed by atoms with E-state index in [1.807, 2.05) is 0 Å². The second kappa shape index (κ2) is 6.53. The number of amides is 2. The summed E-state index contributed by atoms with van der Waals surface area (Å²) in [6, 6.07) is 5.93. The zero-order chi connectivity index (χ0) is 17.4. The summed E-state index contributed by atoms with van der Waals surface area (Å²) in [6.07, 6.45) is -0.327. The Morgan fingerprint density at radius 1 is 1.36 bits per heavy atom. The zero-order valence-electron chi connectivity index (χ0n) is 13.2. The lowest BCUT2D eigenvalue weighted by molar-refractivity contribution is -0.125. The van der Waals surface area contributed by atoms with E-state index in [-0.39, 0.29) is 42.3 Å². The van der Waals surface area contributed by atoms with Gasteiger partial charge in [0.1, 0.15) is 18.1 Å². The molecule has 1 aromatic heterocycles. The minimum atomic E-state index is -0.327. The Labute approximate surface area is 147 Å². The van der Waals surface area contributed by atoms with Crippen LogP contribution in [0.4, 0.5) is 4.39 Å². The van der Waals surface area contributed by atoms with Crippen LogP contribution in [0.3, 0.4) is 0 Å². The van der Waals surface area contributed by atoms with Crippen molar-refractivity contribution >= 4 is 23.2 Å². The Hall–Kier alpha value is -2.32. The van der Waals surface area contributed by atoms with Gasteiger partial charge in [0.05, 0.1) is 17.7 Å². The molecule has 130 valence electrons. The zero-order valence-corrected chi connectivity index (χ0v) is 14.0. The second-order valence-electron chi connectivity index (χ2n) is 6.14. The lowest BCUT2D eigenvalue weighted by Gasteiger charge is -2.25. The molecule has 4 rings (SSSR count). The van der Waals surface area contributed by atoms with E-state index in [1.54, 1.807) is 27.9 Å². The summed E-state index contributed by atoms with van der Waals surface area (Å²) in [4.78, 5) is 30.3. The molecule has 25 heavy (non-hydrogen) atoms. The van der Waals surface area contributed by atoms with Crippen LogP contribution in [-0.2, 0) is 9.53 Å². The molecule has 0 radical (unpaired) electrons. The van der Waals surface area contributed by atoms with Crippen LogP contribution in [0.5, 0.6) is 0 Å². The Kier molecular flexibility index (Phi) is 4.22. The minimum absolute atomic E-state index is 0.0441. The molecule has 8 heteroatoms. The molecule has 0 spiro atoms. The summed E-state index contributed by atoms with van der Waals surface area (Å²) in [6.45, 7) is 0.724. The van der Waals surface area contributed by atoms with Gasteiger partial charge in [0, 0.05) is 24.4 Å². The number of aromatic nitrogens is 1. The molecule has 0 saturated carbocycles. The van der Waals surface area contributed by atoms with Gasteiger partial charge in [-0.05, 0) is 17.7 Å². The molecule has 1 aromatic carbocycles. The molecule has 1 N–H and O–H groups in total. The summed E-state index contributed by atoms with van der Waals surface area (Å²) in [5.74, 6) is -0.817. The van der Waals surface area contributed by atoms with Crippen molar-refractivity contribution in [2.45, 2.75) is 18.1 Å². The van der Waals surface area contributed by atoms with Crippen molar-refractivity contribution in [2.75, 3.05) is 19.7 Å². The number of fused-ring (bicyclic) bond motifs is 1. The average Bonchev–Trinajstić information content (AvgIpc) is 3.22. The van der Waals surface area contributed by atoms with Crippen molar-refractivity contribution < 1.29 is 18.7 Å². The molecule has 2 amide bonds. The molecule has 0 unspecified atom stereocenters. The Balaban J connectivity index is 1.67. The summed E-state index contributed by atoms with van der Waals surface area (Å²) in [7, 11) is 0. The van der Waals surface area contributed by atoms with E-state index < -0.39 is 0 Å². The molecular weight excluding hydrogens is 345 g/mol. The number of halogens is 1. The Bertz CT molecular complexity index is 781. The summed E-state index contributed by atoms with van der Waals surface area (Å²) >= 11 is 1.36. The first-order chi connectivity index (χ1) is 12.1. The van der Waals surface area contributed by atoms with Crippen molar-refractivity contribution in [1.29, 1.82) is 0 Å². The number of carbonyl (C=O) groups is 2. The van der Waals surface area contributed by atoms with Crippen LogP contribution < -0.4 is 5.32 Å². The molecule has 0 bridgehead atoms. The average molecular weight is 361 g/mol. The maximum atomic E-state index is 13.3. The first-order valence-electron chi connectivity index (χ1n) is 7.96. The largest absolute Gasteiger partial charge is 0.365 e. The standard InChI is InChI=1S/C17H16FN3O3S/c18-11-3-1-10(2-4-11)12-6-21(17(23)13-8-25-9-20-13)14-5-19-15(22)7-24-16(12)14/h1-4,8-9,12,14,16H,5-7H2,(H,19,22)/t12-,14-,16-/m1/s1. The third-order valence-electron chi connectivity index (χ3n) is 4.70. The minimum Gasteiger partial charge on any atom is -0.365 e. The van der Waals surface area contributed by atoms with Crippen molar-refractivity contribution in [1.82, 2.24) is 15.2 Å². The first kappa shape index (κ1) is 16.2. The fraction of sp³-hybridized carbons (Fsp3) is 0.353. The van der Waals surface area contributed by atoms with Crippen molar-refractivity contribution in [3.05, 3.63) is 52.2 Å². The van der Waals surface area contributed by atoms with Crippen molar-refractivity contribution in [3.8, 4) is 0 Å². The van der Waals surface area contributed by atoms with Crippen LogP contribution in [0.15, 0.2) is 35.2 Å². The van der Waals surface area contributed by atoms with Crippen molar-refractivity contribution in [2.24, 2.45) is 0 Å². The summed E-state index contributed by atoms with van der Waals surface area (Å²) < 4.78 is 19.1. The SMILES string of the molecule is O=C1CO[C@@H]2[C@@H](c3ccc(F)cc3)CN(C(=O)c3cscn3)[C@@H]2CN1. The smallest absolute Gasteiger partial charge is 0.273 e. The van der Waals surface area contributed by atoms with E-state index in [0.717, 1.165) is 5.56 Å². The molecule has 0 aliphatic carbocycles. The highest BCUT2D eigenvalue weighted by molar-refractivity contribution is 7.07. The highest BCUT2D eigenvalue weighted by Crippen LogP contribution is 2.36. The van der Waals surface area contributed by atoms with Crippen LogP contribution in [0, 0.1) is 5.82 Å². The molecule has 2 fully saturated rings. The van der Waals surface area contributed by atoms with Gasteiger partial charge in [0.2, 0.25) is 5.91 Å². The van der Waals surface area contributed by atoms with Gasteiger partial charge >= 0.3 is 0 Å². The monoisotopic (exact) mass is 361 g/mol. The van der Waals surface area contributed by atoms with Crippen LogP contribution in [0.2, 0.25) is 0 Å². The predicted octanol–water partition coefficient (Wildman–Crippen LogP) is 1.41. The third kappa shape index (κ3) is 3.03. The lowest BCUT2D eigenvalue weighted by Crippen LogP contribution is -2.45. The van der Waals surface area contributed by atoms with Gasteiger partial charge in [0.25, 0.3) is 5.91 Å². The second-order valence-corrected chi connectivity index (χ2v) is 6.85. The highest BCUT2D eigenvalue weighted by Gasteiger charge is 2.47. The van der Waals surface area contributed by atoms with E-state index in [1.165, 1.54) is 23.5 Å². The van der Waals surface area contributed by atoms with Gasteiger partial charge in [-0.1, -0.05) is 12.1 Å². The molecule has 2 saturated heterocycles. The number of ether oxygens (including phenoxy) is 1. The highest BCUT2D eigenvalue weighted by atomic mass is 32.1. The maximum Gasteiger partial charge on any atom is 0.273 e. The number of nitrogens with one attached hydrogen (secondary N) is 1. The Morgan fingerprint density at radius 3 is 2.88 bits per heavy atom. The molecule has 6 nitrogen and oxygen atoms in total. The van der Waals surface area contributed by atoms with Gasteiger partial charge < -0.3 is 15.0 Å². The molecule has 2 aromatic rings. The number of hydrogen-bond acceptors (Lipinski definition) is 5. The van der Waals surface area contributed by atoms with E-state index in [2.05, 4.69) is 10.3 Å². The number of likely N-dealkylation sites (tertiary alicyclic amines) is 1. The summed E-state index contributed by atoms with van der Waals surface area (Å²) in [5.41, 5.74) is 2.89. The van der Waals surface area contributed by atoms with E-state index in [9.17, 15) is 14.0 Å². The van der Waals surface area contributed by atoms with Crippen LogP contribution >= 0.6 is 11.3 Å². The number of rotatable bonds is 2. The van der Waals surface area contributed by atoms with Gasteiger partial charge in [-0.15, -0.1) is 11.3 Å². The number of nitrogens with zero attached hydrogens (tertiary/aromatic N) is 2. The van der Waals surface area contributed by atoms with Gasteiger partial charge in [-0.2, -0.15) is 0 Å². The van der Waals surface area contributed by atoms with Gasteiger partial charge in [-0.25, -0.2) is 9.37 Å². The first-order valence-corrected chi connectivity index (χ1v) is 8.90. The number of hydrogen-bond donors (Lipinski definition) is 1. The number of carbonyl (C=O) groups excluding carboxylic acids is 2. The van der Waals surface area contributed by atoms with E-state index in [4.69, 9.17) is 4.74 Å². The third-order valence-corrected chi connectivity index (χ3v) is 5.28. The molecule has 3 heterocycles. The summed E-state index contributed by atoms with van der Waals surface area (Å²) in [5, 5.41) is 4.50. The molecule has 3 atom stereocenters. The number of thiazole rings is 1. The molecular formula is C17H16FN3O3S. The number of benzene rings is 1. The van der Waals surface area contributed by atoms with Crippen molar-refractivity contribution in [3.63, 3.8) is 0 Å². The van der Waals surface area contributed by atoms with E-state index in [0.29, 0.717) is 18.8 Å². The Morgan fingerprint density at radius 2 is 2.16 bits per heavy atom. The van der Waals surface area contributed by atoms with E-state index >= 15 is 0 Å². The maximum absolute atomic E-state index is 13.3. The van der Waals surface area contributed by atoms with Crippen LogP contribution in [0.25, 0.3) is 0 Å². The topological polar surface area (TPSA) is 71.5 Å². The van der Waals surface area contributed by atoms with Gasteiger partial charge in [0.15, 0.2) is 0 Å². The molecule has 2 aliphatic heterocycles. The quantitative estimate of drug-likeness (QED) is 0.878. The predicted molar refractivity (Wildman–Crippen MR) is 88.8 cm³/mol. The fourth-order valence-electron chi connectivity index (χ4n) is 3.50. The normalized spacial score (nSPS) is 26.0. The lowest BCUT2D eigenvalue weighted by atomic mass is 9.93. The van der Waals surface area contributed by atoms with Gasteiger partial charge in [-0.3, -0.25) is 9.59 Å². The van der Waals surface area contributed by atoms with Crippen LogP contribution in [-0.4, -0.2) is 53.5 Å². The van der Waals surface area contributed by atoms with Crippen LogP contribution in [0.1, 0.15) is 22.0 Å². The molecule has 2 aliphatic rings.